The van der Waals surface area contributed by atoms with Crippen molar-refractivity contribution in [3.05, 3.63) is 80.3 Å². The molecule has 1 aliphatic rings. The molecule has 1 aliphatic heterocycles. The van der Waals surface area contributed by atoms with Crippen LogP contribution in [0.2, 0.25) is 4.34 Å². The van der Waals surface area contributed by atoms with Crippen molar-refractivity contribution >= 4 is 57.9 Å². The number of rotatable bonds is 7. The van der Waals surface area contributed by atoms with Gasteiger partial charge in [-0.25, -0.2) is 4.39 Å². The average molecular weight is 559 g/mol. The number of carbonyl (C=O) groups is 4. The van der Waals surface area contributed by atoms with Gasteiger partial charge in [0.25, 0.3) is 23.6 Å². The van der Waals surface area contributed by atoms with Crippen LogP contribution in [0.4, 0.5) is 15.8 Å². The van der Waals surface area contributed by atoms with E-state index in [0.717, 1.165) is 17.4 Å². The van der Waals surface area contributed by atoms with Gasteiger partial charge in [0, 0.05) is 32.7 Å². The molecule has 9 nitrogen and oxygen atoms in total. The summed E-state index contributed by atoms with van der Waals surface area (Å²) in [6.45, 7) is 0.346. The number of anilines is 2. The number of amides is 4. The van der Waals surface area contributed by atoms with Gasteiger partial charge >= 0.3 is 0 Å². The number of nitrogens with one attached hydrogen (secondary N) is 2. The second-order valence-electron chi connectivity index (χ2n) is 8.54. The van der Waals surface area contributed by atoms with Crippen molar-refractivity contribution in [1.82, 2.24) is 10.2 Å². The fourth-order valence-corrected chi connectivity index (χ4v) is 4.80. The first-order chi connectivity index (χ1) is 18.2. The highest BCUT2D eigenvalue weighted by atomic mass is 35.5. The molecule has 0 atom stereocenters. The molecule has 2 aromatic carbocycles. The van der Waals surface area contributed by atoms with Gasteiger partial charge in [-0.3, -0.25) is 19.2 Å². The quantitative estimate of drug-likeness (QED) is 0.459. The molecule has 0 radical (unpaired) electrons. The molecule has 0 unspecified atom stereocenters. The van der Waals surface area contributed by atoms with E-state index in [9.17, 15) is 23.6 Å². The third-order valence-corrected chi connectivity index (χ3v) is 6.98. The number of morpholine rings is 1. The normalized spacial score (nSPS) is 13.3. The Morgan fingerprint density at radius 3 is 2.58 bits per heavy atom. The Morgan fingerprint density at radius 2 is 1.92 bits per heavy atom. The summed E-state index contributed by atoms with van der Waals surface area (Å²) in [5.41, 5.74) is 0.897. The van der Waals surface area contributed by atoms with Crippen molar-refractivity contribution in [1.29, 1.82) is 0 Å². The van der Waals surface area contributed by atoms with Crippen LogP contribution < -0.4 is 15.5 Å². The maximum absolute atomic E-state index is 14.9. The smallest absolute Gasteiger partial charge is 0.261 e. The Morgan fingerprint density at radius 1 is 1.13 bits per heavy atom. The number of halogens is 2. The minimum atomic E-state index is -0.743. The summed E-state index contributed by atoms with van der Waals surface area (Å²) in [7, 11) is 3.15. The first kappa shape index (κ1) is 27.2. The minimum absolute atomic E-state index is 0.00492. The summed E-state index contributed by atoms with van der Waals surface area (Å²) < 4.78 is 20.5. The maximum Gasteiger partial charge on any atom is 0.261 e. The van der Waals surface area contributed by atoms with Crippen LogP contribution in [0, 0.1) is 5.82 Å². The van der Waals surface area contributed by atoms with Gasteiger partial charge in [-0.15, -0.1) is 11.3 Å². The van der Waals surface area contributed by atoms with E-state index < -0.39 is 11.7 Å². The number of carbonyl (C=O) groups excluding carboxylic acids is 4. The Kier molecular flexibility index (Phi) is 8.40. The molecule has 4 amide bonds. The second-order valence-corrected chi connectivity index (χ2v) is 10.3. The SMILES string of the molecule is CN(C)C(=O)c1cccc(CNC(=O)c2ccc(Cl)s2)c1NC(=O)c1ccc(N2CCOCC2=O)c(F)c1. The molecule has 0 bridgehead atoms. The maximum atomic E-state index is 14.9. The molecular weight excluding hydrogens is 535 g/mol. The summed E-state index contributed by atoms with van der Waals surface area (Å²) in [4.78, 5) is 53.7. The Labute approximate surface area is 227 Å². The summed E-state index contributed by atoms with van der Waals surface area (Å²) in [5, 5.41) is 5.47. The third-order valence-electron chi connectivity index (χ3n) is 5.75. The Hall–Kier alpha value is -3.80. The molecule has 0 saturated carbocycles. The fraction of sp³-hybridized carbons (Fsp3) is 0.231. The van der Waals surface area contributed by atoms with E-state index in [1.807, 2.05) is 0 Å². The predicted molar refractivity (Wildman–Crippen MR) is 142 cm³/mol. The number of benzene rings is 2. The zero-order chi connectivity index (χ0) is 27.4. The van der Waals surface area contributed by atoms with Gasteiger partial charge in [0.05, 0.1) is 32.8 Å². The van der Waals surface area contributed by atoms with Gasteiger partial charge in [-0.05, 0) is 42.0 Å². The number of thiophene rings is 1. The van der Waals surface area contributed by atoms with Gasteiger partial charge in [0.1, 0.15) is 12.4 Å². The van der Waals surface area contributed by atoms with E-state index >= 15 is 0 Å². The highest BCUT2D eigenvalue weighted by molar-refractivity contribution is 7.18. The van der Waals surface area contributed by atoms with Crippen molar-refractivity contribution < 1.29 is 28.3 Å². The molecule has 2 N–H and O–H groups in total. The number of para-hydroxylation sites is 1. The molecule has 0 spiro atoms. The zero-order valence-electron chi connectivity index (χ0n) is 20.5. The molecule has 198 valence electrons. The standard InChI is InChI=1S/C26H24ClFN4O5S/c1-31(2)26(36)17-5-3-4-16(13-29-25(35)20-8-9-21(27)38-20)23(17)30-24(34)15-6-7-19(18(28)12-15)32-10-11-37-14-22(32)33/h3-9,12H,10-11,13-14H2,1-2H3,(H,29,35)(H,30,34). The summed E-state index contributed by atoms with van der Waals surface area (Å²) >= 11 is 7.04. The van der Waals surface area contributed by atoms with E-state index in [4.69, 9.17) is 16.3 Å². The topological polar surface area (TPSA) is 108 Å². The van der Waals surface area contributed by atoms with Crippen LogP contribution in [-0.2, 0) is 16.1 Å². The Bertz CT molecular complexity index is 1410. The van der Waals surface area contributed by atoms with Crippen molar-refractivity contribution in [3.8, 4) is 0 Å². The lowest BCUT2D eigenvalue weighted by atomic mass is 10.0. The number of hydrogen-bond acceptors (Lipinski definition) is 6. The average Bonchev–Trinajstić information content (AvgIpc) is 3.34. The lowest BCUT2D eigenvalue weighted by Gasteiger charge is -2.27. The van der Waals surface area contributed by atoms with Crippen molar-refractivity contribution in [2.75, 3.05) is 44.1 Å². The van der Waals surface area contributed by atoms with Crippen molar-refractivity contribution in [2.45, 2.75) is 6.54 Å². The molecule has 2 heterocycles. The van der Waals surface area contributed by atoms with Gasteiger partial charge in [-0.1, -0.05) is 23.7 Å². The highest BCUT2D eigenvalue weighted by Crippen LogP contribution is 2.27. The lowest BCUT2D eigenvalue weighted by Crippen LogP contribution is -2.42. The van der Waals surface area contributed by atoms with Crippen LogP contribution in [0.25, 0.3) is 0 Å². The minimum Gasteiger partial charge on any atom is -0.370 e. The summed E-state index contributed by atoms with van der Waals surface area (Å²) in [6, 6.07) is 11.9. The Balaban J connectivity index is 1.60. The first-order valence-electron chi connectivity index (χ1n) is 11.5. The molecule has 12 heteroatoms. The summed E-state index contributed by atoms with van der Waals surface area (Å²) in [6.07, 6.45) is 0. The van der Waals surface area contributed by atoms with E-state index in [1.54, 1.807) is 44.4 Å². The van der Waals surface area contributed by atoms with Crippen molar-refractivity contribution in [3.63, 3.8) is 0 Å². The van der Waals surface area contributed by atoms with Gasteiger partial charge < -0.3 is 25.2 Å². The second kappa shape index (κ2) is 11.7. The third kappa shape index (κ3) is 6.01. The van der Waals surface area contributed by atoms with Crippen LogP contribution in [0.15, 0.2) is 48.5 Å². The van der Waals surface area contributed by atoms with Crippen LogP contribution >= 0.6 is 22.9 Å². The monoisotopic (exact) mass is 558 g/mol. The molecule has 4 rings (SSSR count). The molecule has 0 aliphatic carbocycles. The highest BCUT2D eigenvalue weighted by Gasteiger charge is 2.24. The number of nitrogens with zero attached hydrogens (tertiary/aromatic N) is 2. The fourth-order valence-electron chi connectivity index (χ4n) is 3.84. The number of ether oxygens (including phenoxy) is 1. The van der Waals surface area contributed by atoms with Gasteiger partial charge in [0.2, 0.25) is 0 Å². The molecule has 1 saturated heterocycles. The zero-order valence-corrected chi connectivity index (χ0v) is 22.1. The van der Waals surface area contributed by atoms with Crippen LogP contribution in [0.5, 0.6) is 0 Å². The lowest BCUT2D eigenvalue weighted by molar-refractivity contribution is -0.125. The molecule has 1 aromatic heterocycles. The van der Waals surface area contributed by atoms with E-state index in [1.165, 1.54) is 21.9 Å². The van der Waals surface area contributed by atoms with E-state index in [0.29, 0.717) is 14.8 Å². The largest absolute Gasteiger partial charge is 0.370 e. The van der Waals surface area contributed by atoms with Crippen molar-refractivity contribution in [2.24, 2.45) is 0 Å². The first-order valence-corrected chi connectivity index (χ1v) is 12.7. The molecule has 38 heavy (non-hydrogen) atoms. The van der Waals surface area contributed by atoms with Crippen LogP contribution in [-0.4, -0.2) is 62.4 Å². The predicted octanol–water partition coefficient (Wildman–Crippen LogP) is 3.79. The van der Waals surface area contributed by atoms with E-state index in [-0.39, 0.29) is 66.5 Å². The van der Waals surface area contributed by atoms with Crippen LogP contribution in [0.3, 0.4) is 0 Å². The molecule has 1 fully saturated rings. The van der Waals surface area contributed by atoms with Gasteiger partial charge in [0.15, 0.2) is 0 Å². The molecular formula is C26H24ClFN4O5S. The number of hydrogen-bond donors (Lipinski definition) is 2. The van der Waals surface area contributed by atoms with E-state index in [2.05, 4.69) is 10.6 Å². The summed E-state index contributed by atoms with van der Waals surface area (Å²) in [5.74, 6) is -2.52. The van der Waals surface area contributed by atoms with Crippen LogP contribution in [0.1, 0.15) is 36.0 Å². The van der Waals surface area contributed by atoms with Gasteiger partial charge in [-0.2, -0.15) is 0 Å². The molecule has 3 aromatic rings.